The predicted molar refractivity (Wildman–Crippen MR) is 45.6 cm³/mol. The molecule has 0 aliphatic heterocycles. The van der Waals surface area contributed by atoms with Gasteiger partial charge < -0.3 is 0 Å². The molecule has 0 heterocycles. The first-order valence-corrected chi connectivity index (χ1v) is 3.28. The molecule has 0 nitrogen and oxygen atoms in total. The molecule has 0 aliphatic rings. The van der Waals surface area contributed by atoms with Gasteiger partial charge in [0.05, 0.1) is 0 Å². The molecule has 0 aliphatic carbocycles. The molecule has 51 valence electrons. The van der Waals surface area contributed by atoms with E-state index in [0.717, 1.165) is 11.1 Å². The smallest absolute Gasteiger partial charge is 0.0231 e. The van der Waals surface area contributed by atoms with Gasteiger partial charge in [-0.05, 0) is 25.0 Å². The van der Waals surface area contributed by atoms with Crippen molar-refractivity contribution in [3.05, 3.63) is 48.9 Å². The maximum absolute atomic E-state index is 3.84. The average Bonchev–Trinajstić information content (AvgIpc) is 1.88. The van der Waals surface area contributed by atoms with Crippen LogP contribution in [0.4, 0.5) is 0 Å². The summed E-state index contributed by atoms with van der Waals surface area (Å²) in [5, 5.41) is 0. The molecular formula is C10H11. The lowest BCUT2D eigenvalue weighted by Gasteiger charge is -1.98. The largest absolute Gasteiger partial charge is 0.0955 e. The minimum atomic E-state index is 1.04. The molecule has 0 spiro atoms. The van der Waals surface area contributed by atoms with Crippen molar-refractivity contribution >= 4 is 5.57 Å². The SMILES string of the molecule is [CH2]c1cccc(C(=C)C)c1. The van der Waals surface area contributed by atoms with E-state index in [2.05, 4.69) is 13.5 Å². The fraction of sp³-hybridized carbons (Fsp3) is 0.100. The van der Waals surface area contributed by atoms with Crippen molar-refractivity contribution in [3.63, 3.8) is 0 Å². The summed E-state index contributed by atoms with van der Waals surface area (Å²) in [6, 6.07) is 8.04. The third-order valence-electron chi connectivity index (χ3n) is 1.42. The van der Waals surface area contributed by atoms with Gasteiger partial charge in [-0.25, -0.2) is 0 Å². The van der Waals surface area contributed by atoms with Gasteiger partial charge in [0.1, 0.15) is 0 Å². The van der Waals surface area contributed by atoms with Crippen molar-refractivity contribution in [2.75, 3.05) is 0 Å². The quantitative estimate of drug-likeness (QED) is 0.549. The van der Waals surface area contributed by atoms with E-state index in [1.165, 1.54) is 5.56 Å². The molecule has 10 heavy (non-hydrogen) atoms. The molecular weight excluding hydrogens is 120 g/mol. The Hall–Kier alpha value is -1.04. The zero-order valence-electron chi connectivity index (χ0n) is 6.22. The number of rotatable bonds is 1. The van der Waals surface area contributed by atoms with Crippen LogP contribution in [0.1, 0.15) is 18.1 Å². The Kier molecular flexibility index (Phi) is 1.91. The molecule has 0 fully saturated rings. The lowest BCUT2D eigenvalue weighted by atomic mass is 10.1. The van der Waals surface area contributed by atoms with Crippen LogP contribution in [0.5, 0.6) is 0 Å². The van der Waals surface area contributed by atoms with Gasteiger partial charge in [-0.1, -0.05) is 36.4 Å². The highest BCUT2D eigenvalue weighted by atomic mass is 14.0. The van der Waals surface area contributed by atoms with Crippen LogP contribution in [-0.2, 0) is 0 Å². The van der Waals surface area contributed by atoms with Crippen molar-refractivity contribution in [2.24, 2.45) is 0 Å². The van der Waals surface area contributed by atoms with Crippen LogP contribution < -0.4 is 0 Å². The van der Waals surface area contributed by atoms with Crippen LogP contribution in [-0.4, -0.2) is 0 Å². The molecule has 0 unspecified atom stereocenters. The van der Waals surface area contributed by atoms with E-state index in [1.54, 1.807) is 0 Å². The summed E-state index contributed by atoms with van der Waals surface area (Å²) in [6.45, 7) is 9.66. The van der Waals surface area contributed by atoms with Crippen LogP contribution in [0.2, 0.25) is 0 Å². The highest BCUT2D eigenvalue weighted by Gasteiger charge is 1.90. The number of hydrogen-bond donors (Lipinski definition) is 0. The average molecular weight is 131 g/mol. The molecule has 0 bridgehead atoms. The van der Waals surface area contributed by atoms with Crippen molar-refractivity contribution in [3.8, 4) is 0 Å². The molecule has 0 N–H and O–H groups in total. The van der Waals surface area contributed by atoms with Gasteiger partial charge in [0, 0.05) is 0 Å². The zero-order valence-corrected chi connectivity index (χ0v) is 6.22. The van der Waals surface area contributed by atoms with Crippen LogP contribution in [0.15, 0.2) is 30.8 Å². The van der Waals surface area contributed by atoms with Crippen molar-refractivity contribution in [1.82, 2.24) is 0 Å². The summed E-state index contributed by atoms with van der Waals surface area (Å²) in [7, 11) is 0. The minimum Gasteiger partial charge on any atom is -0.0955 e. The Morgan fingerprint density at radius 3 is 2.50 bits per heavy atom. The molecule has 0 heteroatoms. The van der Waals surface area contributed by atoms with Gasteiger partial charge in [-0.2, -0.15) is 0 Å². The minimum absolute atomic E-state index is 1.04. The van der Waals surface area contributed by atoms with E-state index < -0.39 is 0 Å². The van der Waals surface area contributed by atoms with Gasteiger partial charge in [0.2, 0.25) is 0 Å². The van der Waals surface area contributed by atoms with Gasteiger partial charge in [-0.15, -0.1) is 0 Å². The molecule has 1 aromatic rings. The summed E-state index contributed by atoms with van der Waals surface area (Å²) in [5.41, 5.74) is 3.30. The lowest BCUT2D eigenvalue weighted by molar-refractivity contribution is 1.53. The molecule has 0 amide bonds. The zero-order chi connectivity index (χ0) is 7.56. The highest BCUT2D eigenvalue weighted by Crippen LogP contribution is 2.11. The Morgan fingerprint density at radius 1 is 1.40 bits per heavy atom. The maximum atomic E-state index is 3.84. The summed E-state index contributed by atoms with van der Waals surface area (Å²) in [4.78, 5) is 0. The number of allylic oxidation sites excluding steroid dienone is 1. The fourth-order valence-corrected chi connectivity index (χ4v) is 0.837. The van der Waals surface area contributed by atoms with E-state index >= 15 is 0 Å². The topological polar surface area (TPSA) is 0 Å². The monoisotopic (exact) mass is 131 g/mol. The summed E-state index contributed by atoms with van der Waals surface area (Å²) in [5.74, 6) is 0. The van der Waals surface area contributed by atoms with E-state index in [9.17, 15) is 0 Å². The Labute approximate surface area is 62.2 Å². The second-order valence-corrected chi connectivity index (χ2v) is 2.48. The predicted octanol–water partition coefficient (Wildman–Crippen LogP) is 2.90. The first-order chi connectivity index (χ1) is 4.70. The van der Waals surface area contributed by atoms with Crippen LogP contribution in [0, 0.1) is 6.92 Å². The third-order valence-corrected chi connectivity index (χ3v) is 1.42. The summed E-state index contributed by atoms with van der Waals surface area (Å²) < 4.78 is 0. The van der Waals surface area contributed by atoms with Crippen molar-refractivity contribution in [2.45, 2.75) is 6.92 Å². The molecule has 1 rings (SSSR count). The standard InChI is InChI=1S/C10H11/c1-8(2)10-6-4-5-9(3)7-10/h4-7H,1,3H2,2H3. The van der Waals surface area contributed by atoms with E-state index in [4.69, 9.17) is 0 Å². The maximum Gasteiger partial charge on any atom is -0.0231 e. The first kappa shape index (κ1) is 7.07. The lowest BCUT2D eigenvalue weighted by Crippen LogP contribution is -1.77. The summed E-state index contributed by atoms with van der Waals surface area (Å²) >= 11 is 0. The molecule has 0 atom stereocenters. The summed E-state index contributed by atoms with van der Waals surface area (Å²) in [6.07, 6.45) is 0. The van der Waals surface area contributed by atoms with Gasteiger partial charge in [0.25, 0.3) is 0 Å². The molecule has 0 saturated heterocycles. The Morgan fingerprint density at radius 2 is 2.10 bits per heavy atom. The van der Waals surface area contributed by atoms with Gasteiger partial charge >= 0.3 is 0 Å². The van der Waals surface area contributed by atoms with E-state index in [-0.39, 0.29) is 0 Å². The fourth-order valence-electron chi connectivity index (χ4n) is 0.837. The Bertz CT molecular complexity index is 246. The van der Waals surface area contributed by atoms with Crippen molar-refractivity contribution < 1.29 is 0 Å². The first-order valence-electron chi connectivity index (χ1n) is 3.28. The van der Waals surface area contributed by atoms with Crippen LogP contribution >= 0.6 is 0 Å². The third kappa shape index (κ3) is 1.47. The highest BCUT2D eigenvalue weighted by molar-refractivity contribution is 5.61. The molecule has 1 aromatic carbocycles. The van der Waals surface area contributed by atoms with Crippen molar-refractivity contribution in [1.29, 1.82) is 0 Å². The molecule has 0 aromatic heterocycles. The molecule has 1 radical (unpaired) electrons. The van der Waals surface area contributed by atoms with E-state index in [1.807, 2.05) is 31.2 Å². The number of hydrogen-bond acceptors (Lipinski definition) is 0. The van der Waals surface area contributed by atoms with Gasteiger partial charge in [-0.3, -0.25) is 0 Å². The van der Waals surface area contributed by atoms with Gasteiger partial charge in [0.15, 0.2) is 0 Å². The molecule has 0 saturated carbocycles. The second kappa shape index (κ2) is 2.70. The second-order valence-electron chi connectivity index (χ2n) is 2.48. The Balaban J connectivity index is 3.07. The number of benzene rings is 1. The van der Waals surface area contributed by atoms with E-state index in [0.29, 0.717) is 0 Å². The van der Waals surface area contributed by atoms with Crippen LogP contribution in [0.3, 0.4) is 0 Å². The normalized spacial score (nSPS) is 9.40. The van der Waals surface area contributed by atoms with Crippen LogP contribution in [0.25, 0.3) is 5.57 Å².